The molecule has 5 heteroatoms. The fourth-order valence-corrected chi connectivity index (χ4v) is 3.74. The summed E-state index contributed by atoms with van der Waals surface area (Å²) in [5, 5.41) is 8.52. The van der Waals surface area contributed by atoms with Gasteiger partial charge >= 0.3 is 6.03 Å². The van der Waals surface area contributed by atoms with Crippen molar-refractivity contribution in [3.05, 3.63) is 52.2 Å². The van der Waals surface area contributed by atoms with Gasteiger partial charge in [-0.25, -0.2) is 4.79 Å². The molecule has 23 heavy (non-hydrogen) atoms. The Hall–Kier alpha value is -1.46. The van der Waals surface area contributed by atoms with Crippen molar-refractivity contribution in [2.75, 3.05) is 6.54 Å². The number of benzene rings is 1. The zero-order chi connectivity index (χ0) is 16.7. The predicted molar refractivity (Wildman–Crippen MR) is 100 cm³/mol. The summed E-state index contributed by atoms with van der Waals surface area (Å²) in [4.78, 5) is 14.5. The van der Waals surface area contributed by atoms with Crippen molar-refractivity contribution >= 4 is 29.1 Å². The Morgan fingerprint density at radius 3 is 2.52 bits per heavy atom. The molecule has 2 aromatic rings. The zero-order valence-electron chi connectivity index (χ0n) is 13.8. The maximum atomic E-state index is 11.9. The molecule has 0 radical (unpaired) electrons. The van der Waals surface area contributed by atoms with Crippen LogP contribution in [0, 0.1) is 0 Å². The standard InChI is InChI=1S/C18H24N2OS2/c1-13(2)23-17-8-6-15(7-9-17)14(3)20-18(21)19-11-10-16-5-4-12-22-16/h4-9,12-14H,10-11H2,1-3H3,(H2,19,20,21). The average molecular weight is 349 g/mol. The molecule has 0 saturated carbocycles. The Balaban J connectivity index is 1.76. The first kappa shape index (κ1) is 17.9. The van der Waals surface area contributed by atoms with E-state index in [0.717, 1.165) is 12.0 Å². The molecule has 0 aliphatic carbocycles. The van der Waals surface area contributed by atoms with E-state index in [2.05, 4.69) is 60.2 Å². The number of hydrogen-bond acceptors (Lipinski definition) is 3. The van der Waals surface area contributed by atoms with E-state index in [1.54, 1.807) is 11.3 Å². The Kier molecular flexibility index (Phi) is 6.99. The van der Waals surface area contributed by atoms with Crippen molar-refractivity contribution in [3.8, 4) is 0 Å². The van der Waals surface area contributed by atoms with Crippen LogP contribution < -0.4 is 10.6 Å². The number of thioether (sulfide) groups is 1. The molecule has 124 valence electrons. The Labute approximate surface area is 146 Å². The number of carbonyl (C=O) groups is 1. The van der Waals surface area contributed by atoms with E-state index in [0.29, 0.717) is 11.8 Å². The first-order chi connectivity index (χ1) is 11.0. The third-order valence-corrected chi connectivity index (χ3v) is 5.29. The van der Waals surface area contributed by atoms with Crippen LogP contribution in [0.2, 0.25) is 0 Å². The number of amides is 2. The Morgan fingerprint density at radius 2 is 1.91 bits per heavy atom. The summed E-state index contributed by atoms with van der Waals surface area (Å²) in [7, 11) is 0. The Morgan fingerprint density at radius 1 is 1.17 bits per heavy atom. The van der Waals surface area contributed by atoms with E-state index < -0.39 is 0 Å². The number of urea groups is 1. The highest BCUT2D eigenvalue weighted by atomic mass is 32.2. The maximum absolute atomic E-state index is 11.9. The molecule has 0 aliphatic heterocycles. The quantitative estimate of drug-likeness (QED) is 0.702. The van der Waals surface area contributed by atoms with Crippen LogP contribution in [0.15, 0.2) is 46.7 Å². The third kappa shape index (κ3) is 6.28. The molecule has 3 nitrogen and oxygen atoms in total. The van der Waals surface area contributed by atoms with Gasteiger partial charge in [0.1, 0.15) is 0 Å². The van der Waals surface area contributed by atoms with Crippen molar-refractivity contribution in [1.29, 1.82) is 0 Å². The van der Waals surface area contributed by atoms with Crippen molar-refractivity contribution in [3.63, 3.8) is 0 Å². The second-order valence-electron chi connectivity index (χ2n) is 5.69. The smallest absolute Gasteiger partial charge is 0.315 e. The minimum absolute atomic E-state index is 0.00478. The molecule has 2 amide bonds. The van der Waals surface area contributed by atoms with Gasteiger partial charge in [-0.1, -0.05) is 32.0 Å². The molecule has 1 atom stereocenters. The molecule has 1 unspecified atom stereocenters. The van der Waals surface area contributed by atoms with Gasteiger partial charge in [0.05, 0.1) is 6.04 Å². The minimum Gasteiger partial charge on any atom is -0.338 e. The molecule has 1 aromatic carbocycles. The highest BCUT2D eigenvalue weighted by molar-refractivity contribution is 7.99. The molecule has 0 saturated heterocycles. The van der Waals surface area contributed by atoms with Gasteiger partial charge in [0.2, 0.25) is 0 Å². The molecular weight excluding hydrogens is 324 g/mol. The number of nitrogens with one attached hydrogen (secondary N) is 2. The minimum atomic E-state index is -0.116. The molecule has 2 rings (SSSR count). The van der Waals surface area contributed by atoms with Crippen LogP contribution >= 0.6 is 23.1 Å². The van der Waals surface area contributed by atoms with Crippen LogP contribution in [0.3, 0.4) is 0 Å². The van der Waals surface area contributed by atoms with Gasteiger partial charge in [-0.2, -0.15) is 0 Å². The lowest BCUT2D eigenvalue weighted by atomic mass is 10.1. The fourth-order valence-electron chi connectivity index (χ4n) is 2.19. The van der Waals surface area contributed by atoms with E-state index in [1.807, 2.05) is 24.8 Å². The monoisotopic (exact) mass is 348 g/mol. The summed E-state index contributed by atoms with van der Waals surface area (Å²) >= 11 is 3.56. The first-order valence-electron chi connectivity index (χ1n) is 7.88. The molecular formula is C18H24N2OS2. The SMILES string of the molecule is CC(C)Sc1ccc(C(C)NC(=O)NCCc2cccs2)cc1. The van der Waals surface area contributed by atoms with E-state index in [1.165, 1.54) is 9.77 Å². The molecule has 0 fully saturated rings. The molecule has 1 aromatic heterocycles. The van der Waals surface area contributed by atoms with Gasteiger partial charge in [-0.3, -0.25) is 0 Å². The summed E-state index contributed by atoms with van der Waals surface area (Å²) in [6.07, 6.45) is 0.876. The molecule has 0 bridgehead atoms. The summed E-state index contributed by atoms with van der Waals surface area (Å²) in [6.45, 7) is 7.03. The summed E-state index contributed by atoms with van der Waals surface area (Å²) in [5.41, 5.74) is 1.12. The van der Waals surface area contributed by atoms with Gasteiger partial charge in [0.15, 0.2) is 0 Å². The summed E-state index contributed by atoms with van der Waals surface area (Å²) in [5.74, 6) is 0. The van der Waals surface area contributed by atoms with Crippen molar-refractivity contribution in [1.82, 2.24) is 10.6 Å². The van der Waals surface area contributed by atoms with Crippen molar-refractivity contribution < 1.29 is 4.79 Å². The number of thiophene rings is 1. The van der Waals surface area contributed by atoms with Crippen LogP contribution in [0.25, 0.3) is 0 Å². The second kappa shape index (κ2) is 8.99. The van der Waals surface area contributed by atoms with E-state index in [9.17, 15) is 4.79 Å². The van der Waals surface area contributed by atoms with Crippen LogP contribution in [-0.4, -0.2) is 17.8 Å². The molecule has 2 N–H and O–H groups in total. The van der Waals surface area contributed by atoms with Gasteiger partial charge in [0.25, 0.3) is 0 Å². The largest absolute Gasteiger partial charge is 0.338 e. The van der Waals surface area contributed by atoms with Crippen LogP contribution in [0.1, 0.15) is 37.3 Å². The van der Waals surface area contributed by atoms with Crippen molar-refractivity contribution in [2.24, 2.45) is 0 Å². The lowest BCUT2D eigenvalue weighted by Crippen LogP contribution is -2.37. The second-order valence-corrected chi connectivity index (χ2v) is 8.37. The third-order valence-electron chi connectivity index (χ3n) is 3.34. The molecule has 0 spiro atoms. The van der Waals surface area contributed by atoms with Crippen LogP contribution in [-0.2, 0) is 6.42 Å². The Bertz CT molecular complexity index is 594. The summed E-state index contributed by atoms with van der Waals surface area (Å²) < 4.78 is 0. The topological polar surface area (TPSA) is 41.1 Å². The number of carbonyl (C=O) groups excluding carboxylic acids is 1. The maximum Gasteiger partial charge on any atom is 0.315 e. The fraction of sp³-hybridized carbons (Fsp3) is 0.389. The van der Waals surface area contributed by atoms with Gasteiger partial charge in [-0.05, 0) is 42.5 Å². The van der Waals surface area contributed by atoms with Gasteiger partial charge < -0.3 is 10.6 Å². The highest BCUT2D eigenvalue weighted by Gasteiger charge is 2.09. The van der Waals surface area contributed by atoms with Gasteiger partial charge in [0, 0.05) is 21.6 Å². The lowest BCUT2D eigenvalue weighted by Gasteiger charge is -2.15. The van der Waals surface area contributed by atoms with Gasteiger partial charge in [-0.15, -0.1) is 23.1 Å². The van der Waals surface area contributed by atoms with Crippen LogP contribution in [0.5, 0.6) is 0 Å². The van der Waals surface area contributed by atoms with E-state index in [-0.39, 0.29) is 12.1 Å². The average Bonchev–Trinajstić information content (AvgIpc) is 3.00. The van der Waals surface area contributed by atoms with Crippen molar-refractivity contribution in [2.45, 2.75) is 43.4 Å². The first-order valence-corrected chi connectivity index (χ1v) is 9.64. The molecule has 0 aliphatic rings. The number of hydrogen-bond donors (Lipinski definition) is 2. The van der Waals surface area contributed by atoms with Crippen LogP contribution in [0.4, 0.5) is 4.79 Å². The summed E-state index contributed by atoms with van der Waals surface area (Å²) in [6, 6.07) is 12.4. The lowest BCUT2D eigenvalue weighted by molar-refractivity contribution is 0.238. The normalized spacial score (nSPS) is 12.2. The van der Waals surface area contributed by atoms with E-state index >= 15 is 0 Å². The zero-order valence-corrected chi connectivity index (χ0v) is 15.5. The predicted octanol–water partition coefficient (Wildman–Crippen LogP) is 4.85. The highest BCUT2D eigenvalue weighted by Crippen LogP contribution is 2.24. The molecule has 1 heterocycles. The van der Waals surface area contributed by atoms with E-state index in [4.69, 9.17) is 0 Å². The number of rotatable bonds is 7.